The van der Waals surface area contributed by atoms with Crippen molar-refractivity contribution in [3.63, 3.8) is 0 Å². The highest BCUT2D eigenvalue weighted by molar-refractivity contribution is 5.81. The summed E-state index contributed by atoms with van der Waals surface area (Å²) < 4.78 is 32.3. The number of para-hydroxylation sites is 1. The molecular formula is C35H46N2O10. The van der Waals surface area contributed by atoms with E-state index in [1.54, 1.807) is 12.1 Å². The molecule has 0 aliphatic carbocycles. The largest absolute Gasteiger partial charge is 0.490 e. The Kier molecular flexibility index (Phi) is 19.7. The van der Waals surface area contributed by atoms with Gasteiger partial charge in [-0.3, -0.25) is 0 Å². The molecule has 2 aromatic carbocycles. The Hall–Kier alpha value is -5.00. The standard InChI is InChI=1S/C35H46N2O10/c1-3-32(38)42-23-12-6-10-21-36-34(40)44-25-20-28-16-18-30(19-17-28)46-27-31(26-45-29-14-8-5-9-15-29)47-35(41)37-22-11-7-13-24-43-33(39)4-2/h3-5,8-9,14-19,31H,1-2,6-7,10-13,20-27H2,(H,36,40)(H,37,41). The number of amides is 2. The third kappa shape index (κ3) is 19.2. The molecule has 0 aliphatic heterocycles. The van der Waals surface area contributed by atoms with Gasteiger partial charge in [0.05, 0.1) is 19.8 Å². The summed E-state index contributed by atoms with van der Waals surface area (Å²) in [5.41, 5.74) is 0.956. The number of hydrogen-bond donors (Lipinski definition) is 2. The predicted octanol–water partition coefficient (Wildman–Crippen LogP) is 5.31. The number of carbonyl (C=O) groups excluding carboxylic acids is 4. The van der Waals surface area contributed by atoms with Gasteiger partial charge in [-0.15, -0.1) is 0 Å². The van der Waals surface area contributed by atoms with Crippen LogP contribution in [0, 0.1) is 0 Å². The third-order valence-electron chi connectivity index (χ3n) is 6.44. The van der Waals surface area contributed by atoms with Gasteiger partial charge in [0.25, 0.3) is 0 Å². The first-order valence-corrected chi connectivity index (χ1v) is 15.7. The fourth-order valence-corrected chi connectivity index (χ4v) is 3.92. The van der Waals surface area contributed by atoms with Crippen LogP contribution in [0.15, 0.2) is 79.9 Å². The van der Waals surface area contributed by atoms with E-state index in [4.69, 9.17) is 28.4 Å². The Bertz CT molecular complexity index is 1220. The van der Waals surface area contributed by atoms with E-state index in [1.807, 2.05) is 42.5 Å². The molecule has 12 heteroatoms. The van der Waals surface area contributed by atoms with Crippen molar-refractivity contribution in [2.75, 3.05) is 46.1 Å². The average molecular weight is 655 g/mol. The second-order valence-electron chi connectivity index (χ2n) is 10.2. The molecule has 1 unspecified atom stereocenters. The SMILES string of the molecule is C=CC(=O)OCCCCCNC(=O)OCCc1ccc(OCC(COc2ccccc2)OC(=O)NCCCCCOC(=O)C=C)cc1. The fraction of sp³-hybridized carbons (Fsp3) is 0.429. The summed E-state index contributed by atoms with van der Waals surface area (Å²) in [6, 6.07) is 16.5. The summed E-state index contributed by atoms with van der Waals surface area (Å²) in [5.74, 6) is 0.332. The fourth-order valence-electron chi connectivity index (χ4n) is 3.92. The molecule has 2 N–H and O–H groups in total. The molecule has 2 aromatic rings. The summed E-state index contributed by atoms with van der Waals surface area (Å²) in [5, 5.41) is 5.43. The maximum absolute atomic E-state index is 12.4. The number of nitrogens with one attached hydrogen (secondary N) is 2. The van der Waals surface area contributed by atoms with Crippen LogP contribution in [0.3, 0.4) is 0 Å². The van der Waals surface area contributed by atoms with Gasteiger partial charge in [0.2, 0.25) is 0 Å². The van der Waals surface area contributed by atoms with Gasteiger partial charge in [0.15, 0.2) is 6.10 Å². The van der Waals surface area contributed by atoms with Crippen molar-refractivity contribution in [3.05, 3.63) is 85.5 Å². The Labute approximate surface area is 276 Å². The maximum Gasteiger partial charge on any atom is 0.407 e. The maximum atomic E-state index is 12.4. The molecule has 0 saturated carbocycles. The molecule has 0 aliphatic rings. The minimum absolute atomic E-state index is 0.0670. The Morgan fingerprint density at radius 1 is 0.617 bits per heavy atom. The highest BCUT2D eigenvalue weighted by atomic mass is 16.6. The Morgan fingerprint density at radius 2 is 1.15 bits per heavy atom. The van der Waals surface area contributed by atoms with E-state index in [2.05, 4.69) is 23.8 Å². The van der Waals surface area contributed by atoms with E-state index in [9.17, 15) is 19.2 Å². The number of unbranched alkanes of at least 4 members (excludes halogenated alkanes) is 4. The normalized spacial score (nSPS) is 10.9. The van der Waals surface area contributed by atoms with Crippen molar-refractivity contribution >= 4 is 24.1 Å². The van der Waals surface area contributed by atoms with Crippen LogP contribution in [-0.2, 0) is 35.0 Å². The van der Waals surface area contributed by atoms with Gasteiger partial charge < -0.3 is 39.1 Å². The molecular weight excluding hydrogens is 608 g/mol. The van der Waals surface area contributed by atoms with Crippen LogP contribution in [0.5, 0.6) is 11.5 Å². The van der Waals surface area contributed by atoms with Gasteiger partial charge in [-0.2, -0.15) is 0 Å². The lowest BCUT2D eigenvalue weighted by atomic mass is 10.1. The molecule has 0 bridgehead atoms. The lowest BCUT2D eigenvalue weighted by Crippen LogP contribution is -2.36. The highest BCUT2D eigenvalue weighted by Crippen LogP contribution is 2.15. The van der Waals surface area contributed by atoms with Gasteiger partial charge >= 0.3 is 24.1 Å². The number of benzene rings is 2. The van der Waals surface area contributed by atoms with Gasteiger partial charge in [0, 0.05) is 31.7 Å². The van der Waals surface area contributed by atoms with Gasteiger partial charge in [-0.1, -0.05) is 43.5 Å². The zero-order valence-electron chi connectivity index (χ0n) is 26.8. The van der Waals surface area contributed by atoms with Crippen molar-refractivity contribution in [2.24, 2.45) is 0 Å². The van der Waals surface area contributed by atoms with Crippen molar-refractivity contribution in [1.82, 2.24) is 10.6 Å². The smallest absolute Gasteiger partial charge is 0.407 e. The lowest BCUT2D eigenvalue weighted by molar-refractivity contribution is -0.138. The molecule has 47 heavy (non-hydrogen) atoms. The number of rotatable bonds is 24. The van der Waals surface area contributed by atoms with E-state index in [1.165, 1.54) is 0 Å². The van der Waals surface area contributed by atoms with E-state index >= 15 is 0 Å². The van der Waals surface area contributed by atoms with Gasteiger partial charge in [0.1, 0.15) is 24.7 Å². The number of hydrogen-bond acceptors (Lipinski definition) is 10. The molecule has 0 saturated heterocycles. The molecule has 0 radical (unpaired) electrons. The average Bonchev–Trinajstić information content (AvgIpc) is 3.09. The summed E-state index contributed by atoms with van der Waals surface area (Å²) >= 11 is 0. The van der Waals surface area contributed by atoms with Gasteiger partial charge in [-0.25, -0.2) is 19.2 Å². The molecule has 1 atom stereocenters. The van der Waals surface area contributed by atoms with Gasteiger partial charge in [-0.05, 0) is 68.4 Å². The van der Waals surface area contributed by atoms with E-state index in [0.717, 1.165) is 37.0 Å². The molecule has 256 valence electrons. The van der Waals surface area contributed by atoms with Crippen molar-refractivity contribution in [2.45, 2.75) is 51.0 Å². The monoisotopic (exact) mass is 654 g/mol. The van der Waals surface area contributed by atoms with Crippen molar-refractivity contribution in [3.8, 4) is 11.5 Å². The molecule has 0 fully saturated rings. The molecule has 12 nitrogen and oxygen atoms in total. The van der Waals surface area contributed by atoms with Crippen LogP contribution < -0.4 is 20.1 Å². The van der Waals surface area contributed by atoms with Crippen LogP contribution in [0.25, 0.3) is 0 Å². The zero-order chi connectivity index (χ0) is 34.0. The first kappa shape index (κ1) is 38.2. The lowest BCUT2D eigenvalue weighted by Gasteiger charge is -2.19. The minimum Gasteiger partial charge on any atom is -0.490 e. The summed E-state index contributed by atoms with van der Waals surface area (Å²) in [7, 11) is 0. The quantitative estimate of drug-likeness (QED) is 0.0661. The molecule has 0 heterocycles. The van der Waals surface area contributed by atoms with E-state index in [0.29, 0.717) is 63.5 Å². The highest BCUT2D eigenvalue weighted by Gasteiger charge is 2.17. The third-order valence-corrected chi connectivity index (χ3v) is 6.44. The molecule has 2 rings (SSSR count). The number of esters is 2. The number of ether oxygens (including phenoxy) is 6. The van der Waals surface area contributed by atoms with E-state index in [-0.39, 0.29) is 19.8 Å². The molecule has 2 amide bonds. The number of alkyl carbamates (subject to hydrolysis) is 2. The van der Waals surface area contributed by atoms with Crippen molar-refractivity contribution < 1.29 is 47.6 Å². The first-order chi connectivity index (χ1) is 22.9. The Morgan fingerprint density at radius 3 is 1.70 bits per heavy atom. The van der Waals surface area contributed by atoms with Crippen LogP contribution in [-0.4, -0.2) is 76.4 Å². The topological polar surface area (TPSA) is 148 Å². The zero-order valence-corrected chi connectivity index (χ0v) is 26.8. The van der Waals surface area contributed by atoms with Crippen LogP contribution >= 0.6 is 0 Å². The number of carbonyl (C=O) groups is 4. The molecule has 0 spiro atoms. The molecule has 0 aromatic heterocycles. The van der Waals surface area contributed by atoms with Crippen LogP contribution in [0.1, 0.15) is 44.1 Å². The summed E-state index contributed by atoms with van der Waals surface area (Å²) in [6.07, 6.45) is 5.43. The summed E-state index contributed by atoms with van der Waals surface area (Å²) in [6.45, 7) is 8.58. The van der Waals surface area contributed by atoms with E-state index < -0.39 is 30.2 Å². The van der Waals surface area contributed by atoms with Crippen LogP contribution in [0.2, 0.25) is 0 Å². The Balaban J connectivity index is 1.68. The first-order valence-electron chi connectivity index (χ1n) is 15.7. The van der Waals surface area contributed by atoms with Crippen molar-refractivity contribution in [1.29, 1.82) is 0 Å². The summed E-state index contributed by atoms with van der Waals surface area (Å²) in [4.78, 5) is 46.4. The minimum atomic E-state index is -0.685. The second kappa shape index (κ2) is 24.3. The second-order valence-corrected chi connectivity index (χ2v) is 10.2. The van der Waals surface area contributed by atoms with Crippen LogP contribution in [0.4, 0.5) is 9.59 Å². The predicted molar refractivity (Wildman–Crippen MR) is 175 cm³/mol.